The van der Waals surface area contributed by atoms with E-state index < -0.39 is 0 Å². The van der Waals surface area contributed by atoms with Gasteiger partial charge in [0.25, 0.3) is 5.91 Å². The molecule has 0 saturated carbocycles. The van der Waals surface area contributed by atoms with Crippen LogP contribution in [0.4, 0.5) is 0 Å². The molecule has 1 N–H and O–H groups in total. The predicted molar refractivity (Wildman–Crippen MR) is 104 cm³/mol. The van der Waals surface area contributed by atoms with Gasteiger partial charge in [-0.1, -0.05) is 12.1 Å². The van der Waals surface area contributed by atoms with Crippen LogP contribution in [0.1, 0.15) is 17.0 Å². The number of amides is 1. The van der Waals surface area contributed by atoms with E-state index in [2.05, 4.69) is 15.0 Å². The van der Waals surface area contributed by atoms with E-state index in [-0.39, 0.29) is 12.5 Å². The van der Waals surface area contributed by atoms with E-state index in [0.717, 1.165) is 28.3 Å². The Bertz CT molecular complexity index is 982. The first-order chi connectivity index (χ1) is 13.6. The molecule has 0 bridgehead atoms. The molecule has 1 aliphatic heterocycles. The molecule has 1 aromatic carbocycles. The molecular weight excluding hydrogens is 356 g/mol. The van der Waals surface area contributed by atoms with Gasteiger partial charge in [-0.25, -0.2) is 9.97 Å². The molecule has 2 aromatic heterocycles. The molecule has 1 amide bonds. The Morgan fingerprint density at radius 1 is 1.29 bits per heavy atom. The summed E-state index contributed by atoms with van der Waals surface area (Å²) >= 11 is 0. The SMILES string of the molecule is COc1ccc(-c2nc3c([nH]2)CN(C(=O)COc2cccc(C)c2)CC3)cn1. The van der Waals surface area contributed by atoms with Crippen molar-refractivity contribution in [1.29, 1.82) is 0 Å². The zero-order chi connectivity index (χ0) is 19.5. The standard InChI is InChI=1S/C21H22N4O3/c1-14-4-3-5-16(10-14)28-13-20(26)25-9-8-17-18(12-25)24-21(23-17)15-6-7-19(27-2)22-11-15/h3-7,10-11H,8-9,12-13H2,1-2H3,(H,23,24). The number of imidazole rings is 1. The third-order valence-electron chi connectivity index (χ3n) is 4.76. The zero-order valence-corrected chi connectivity index (χ0v) is 15.9. The van der Waals surface area contributed by atoms with Crippen LogP contribution in [0.2, 0.25) is 0 Å². The van der Waals surface area contributed by atoms with Gasteiger partial charge in [0.1, 0.15) is 11.6 Å². The van der Waals surface area contributed by atoms with E-state index >= 15 is 0 Å². The van der Waals surface area contributed by atoms with Gasteiger partial charge in [-0.15, -0.1) is 0 Å². The normalized spacial score (nSPS) is 13.1. The van der Waals surface area contributed by atoms with Gasteiger partial charge in [0.05, 0.1) is 25.0 Å². The number of hydrogen-bond donors (Lipinski definition) is 1. The molecule has 0 aliphatic carbocycles. The largest absolute Gasteiger partial charge is 0.484 e. The van der Waals surface area contributed by atoms with Crippen LogP contribution >= 0.6 is 0 Å². The Kier molecular flexibility index (Phi) is 4.97. The molecule has 144 valence electrons. The Labute approximate surface area is 163 Å². The number of carbonyl (C=O) groups excluding carboxylic acids is 1. The number of aromatic nitrogens is 3. The summed E-state index contributed by atoms with van der Waals surface area (Å²) in [6.45, 7) is 3.16. The number of aromatic amines is 1. The summed E-state index contributed by atoms with van der Waals surface area (Å²) in [6.07, 6.45) is 2.44. The number of rotatable bonds is 5. The smallest absolute Gasteiger partial charge is 0.260 e. The number of benzene rings is 1. The molecule has 0 fully saturated rings. The Balaban J connectivity index is 1.41. The third-order valence-corrected chi connectivity index (χ3v) is 4.76. The number of H-pyrrole nitrogens is 1. The highest BCUT2D eigenvalue weighted by Gasteiger charge is 2.24. The molecule has 7 heteroatoms. The van der Waals surface area contributed by atoms with E-state index in [1.165, 1.54) is 0 Å². The first-order valence-corrected chi connectivity index (χ1v) is 9.18. The quantitative estimate of drug-likeness (QED) is 0.738. The number of fused-ring (bicyclic) bond motifs is 1. The lowest BCUT2D eigenvalue weighted by atomic mass is 10.1. The second-order valence-corrected chi connectivity index (χ2v) is 6.77. The van der Waals surface area contributed by atoms with Crippen LogP contribution in [0.25, 0.3) is 11.4 Å². The Hall–Kier alpha value is -3.35. The molecule has 0 spiro atoms. The van der Waals surface area contributed by atoms with Crippen molar-refractivity contribution in [2.24, 2.45) is 0 Å². The molecule has 7 nitrogen and oxygen atoms in total. The molecule has 0 saturated heterocycles. The maximum Gasteiger partial charge on any atom is 0.260 e. The lowest BCUT2D eigenvalue weighted by Gasteiger charge is -2.26. The van der Waals surface area contributed by atoms with Crippen LogP contribution in [0.5, 0.6) is 11.6 Å². The van der Waals surface area contributed by atoms with Crippen LogP contribution in [-0.2, 0) is 17.8 Å². The second-order valence-electron chi connectivity index (χ2n) is 6.77. The molecule has 1 aliphatic rings. The fourth-order valence-electron chi connectivity index (χ4n) is 3.23. The summed E-state index contributed by atoms with van der Waals surface area (Å²) in [4.78, 5) is 26.6. The van der Waals surface area contributed by atoms with E-state index in [4.69, 9.17) is 9.47 Å². The minimum absolute atomic E-state index is 0.0299. The summed E-state index contributed by atoms with van der Waals surface area (Å²) < 4.78 is 10.7. The van der Waals surface area contributed by atoms with Crippen LogP contribution in [-0.4, -0.2) is 46.0 Å². The fourth-order valence-corrected chi connectivity index (χ4v) is 3.23. The molecule has 0 radical (unpaired) electrons. The van der Waals surface area contributed by atoms with Gasteiger partial charge in [-0.3, -0.25) is 4.79 Å². The van der Waals surface area contributed by atoms with Gasteiger partial charge < -0.3 is 19.4 Å². The van der Waals surface area contributed by atoms with Crippen molar-refractivity contribution in [3.05, 3.63) is 59.5 Å². The minimum Gasteiger partial charge on any atom is -0.484 e. The maximum atomic E-state index is 12.6. The Morgan fingerprint density at radius 3 is 2.93 bits per heavy atom. The number of carbonyl (C=O) groups is 1. The number of ether oxygens (including phenoxy) is 2. The molecule has 3 aromatic rings. The highest BCUT2D eigenvalue weighted by atomic mass is 16.5. The molecule has 4 rings (SSSR count). The summed E-state index contributed by atoms with van der Waals surface area (Å²) in [7, 11) is 1.59. The van der Waals surface area contributed by atoms with E-state index in [1.54, 1.807) is 24.3 Å². The number of nitrogens with zero attached hydrogens (tertiary/aromatic N) is 3. The predicted octanol–water partition coefficient (Wildman–Crippen LogP) is 2.75. The van der Waals surface area contributed by atoms with Gasteiger partial charge in [-0.05, 0) is 30.7 Å². The fraction of sp³-hybridized carbons (Fsp3) is 0.286. The highest BCUT2D eigenvalue weighted by Crippen LogP contribution is 2.23. The average Bonchev–Trinajstić information content (AvgIpc) is 3.15. The summed E-state index contributed by atoms with van der Waals surface area (Å²) in [5.41, 5.74) is 3.94. The lowest BCUT2D eigenvalue weighted by Crippen LogP contribution is -2.38. The van der Waals surface area contributed by atoms with Gasteiger partial charge in [-0.2, -0.15) is 0 Å². The zero-order valence-electron chi connectivity index (χ0n) is 15.9. The van der Waals surface area contributed by atoms with Crippen LogP contribution in [0.15, 0.2) is 42.6 Å². The third kappa shape index (κ3) is 3.83. The Morgan fingerprint density at radius 2 is 2.18 bits per heavy atom. The minimum atomic E-state index is -0.0329. The van der Waals surface area contributed by atoms with E-state index in [0.29, 0.717) is 31.1 Å². The molecule has 0 unspecified atom stereocenters. The highest BCUT2D eigenvalue weighted by molar-refractivity contribution is 5.78. The molecular formula is C21H22N4O3. The van der Waals surface area contributed by atoms with Gasteiger partial charge in [0.2, 0.25) is 5.88 Å². The van der Waals surface area contributed by atoms with Gasteiger partial charge in [0.15, 0.2) is 6.61 Å². The summed E-state index contributed by atoms with van der Waals surface area (Å²) in [5.74, 6) is 1.99. The second kappa shape index (κ2) is 7.72. The van der Waals surface area contributed by atoms with Crippen LogP contribution in [0.3, 0.4) is 0 Å². The van der Waals surface area contributed by atoms with Crippen molar-refractivity contribution >= 4 is 5.91 Å². The van der Waals surface area contributed by atoms with Crippen LogP contribution < -0.4 is 9.47 Å². The topological polar surface area (TPSA) is 80.3 Å². The van der Waals surface area contributed by atoms with Crippen molar-refractivity contribution in [3.63, 3.8) is 0 Å². The van der Waals surface area contributed by atoms with Crippen molar-refractivity contribution in [1.82, 2.24) is 19.9 Å². The van der Waals surface area contributed by atoms with Gasteiger partial charge in [0, 0.05) is 30.8 Å². The van der Waals surface area contributed by atoms with Crippen molar-refractivity contribution < 1.29 is 14.3 Å². The average molecular weight is 378 g/mol. The first kappa shape index (κ1) is 18.0. The number of hydrogen-bond acceptors (Lipinski definition) is 5. The van der Waals surface area contributed by atoms with Gasteiger partial charge >= 0.3 is 0 Å². The lowest BCUT2D eigenvalue weighted by molar-refractivity contribution is -0.134. The summed E-state index contributed by atoms with van der Waals surface area (Å²) in [5, 5.41) is 0. The van der Waals surface area contributed by atoms with Crippen LogP contribution in [0, 0.1) is 6.92 Å². The van der Waals surface area contributed by atoms with Crippen molar-refractivity contribution in [2.45, 2.75) is 19.9 Å². The number of aryl methyl sites for hydroxylation is 1. The molecule has 0 atom stereocenters. The number of nitrogens with one attached hydrogen (secondary N) is 1. The van der Waals surface area contributed by atoms with Crippen molar-refractivity contribution in [2.75, 3.05) is 20.3 Å². The number of pyridine rings is 1. The molecule has 28 heavy (non-hydrogen) atoms. The first-order valence-electron chi connectivity index (χ1n) is 9.18. The monoisotopic (exact) mass is 378 g/mol. The van der Waals surface area contributed by atoms with E-state index in [1.807, 2.05) is 37.3 Å². The molecule has 3 heterocycles. The van der Waals surface area contributed by atoms with E-state index in [9.17, 15) is 4.79 Å². The number of methoxy groups -OCH3 is 1. The summed E-state index contributed by atoms with van der Waals surface area (Å²) in [6, 6.07) is 11.4. The van der Waals surface area contributed by atoms with Crippen molar-refractivity contribution in [3.8, 4) is 23.0 Å². The maximum absolute atomic E-state index is 12.6.